The Morgan fingerprint density at radius 3 is 2.86 bits per heavy atom. The molecule has 2 aliphatic rings. The zero-order chi connectivity index (χ0) is 15.2. The molecule has 1 aliphatic carbocycles. The summed E-state index contributed by atoms with van der Waals surface area (Å²) >= 11 is 0. The van der Waals surface area contributed by atoms with Crippen LogP contribution in [0.1, 0.15) is 42.6 Å². The molecular formula is C20H23NO. The molecule has 2 aromatic carbocycles. The normalized spacial score (nSPS) is 26.5. The molecule has 2 N–H and O–H groups in total. The Hall–Kier alpha value is -1.64. The van der Waals surface area contributed by atoms with Gasteiger partial charge in [0.2, 0.25) is 0 Å². The van der Waals surface area contributed by atoms with Gasteiger partial charge < -0.3 is 10.4 Å². The van der Waals surface area contributed by atoms with Crippen LogP contribution in [0, 0.1) is 0 Å². The number of aliphatic hydroxyl groups excluding tert-OH is 1. The molecule has 0 radical (unpaired) electrons. The van der Waals surface area contributed by atoms with E-state index in [1.807, 2.05) is 0 Å². The molecule has 1 fully saturated rings. The van der Waals surface area contributed by atoms with Crippen LogP contribution in [0.2, 0.25) is 0 Å². The van der Waals surface area contributed by atoms with Crippen molar-refractivity contribution in [2.45, 2.75) is 37.7 Å². The fraction of sp³-hybridized carbons (Fsp3) is 0.400. The van der Waals surface area contributed by atoms with Crippen molar-refractivity contribution in [3.63, 3.8) is 0 Å². The van der Waals surface area contributed by atoms with Crippen molar-refractivity contribution in [3.05, 3.63) is 59.2 Å². The number of hydrogen-bond acceptors (Lipinski definition) is 2. The summed E-state index contributed by atoms with van der Waals surface area (Å²) in [7, 11) is 0. The smallest absolute Gasteiger partial charge is 0.0802 e. The molecule has 2 atom stereocenters. The minimum absolute atomic E-state index is 0.164. The maximum absolute atomic E-state index is 10.6. The predicted molar refractivity (Wildman–Crippen MR) is 90.0 cm³/mol. The standard InChI is InChI=1S/C20H23NO/c1-2-14-5-3-4-6-16(14)15-7-8-18-17(11-15)19(22)12-20(18)9-10-21-13-20/h3-8,11,19,21-22H,2,9-10,12-13H2,1H3. The van der Waals surface area contributed by atoms with Gasteiger partial charge in [-0.2, -0.15) is 0 Å². The number of hydrogen-bond donors (Lipinski definition) is 2. The summed E-state index contributed by atoms with van der Waals surface area (Å²) < 4.78 is 0. The van der Waals surface area contributed by atoms with Crippen LogP contribution in [0.5, 0.6) is 0 Å². The molecular weight excluding hydrogens is 270 g/mol. The van der Waals surface area contributed by atoms with E-state index in [-0.39, 0.29) is 11.5 Å². The highest BCUT2D eigenvalue weighted by Crippen LogP contribution is 2.49. The molecule has 22 heavy (non-hydrogen) atoms. The molecule has 2 aromatic rings. The second-order valence-electron chi connectivity index (χ2n) is 6.74. The van der Waals surface area contributed by atoms with Gasteiger partial charge in [0.15, 0.2) is 0 Å². The van der Waals surface area contributed by atoms with Gasteiger partial charge in [0, 0.05) is 12.0 Å². The van der Waals surface area contributed by atoms with E-state index in [4.69, 9.17) is 0 Å². The summed E-state index contributed by atoms with van der Waals surface area (Å²) in [6.07, 6.45) is 2.73. The molecule has 2 unspecified atom stereocenters. The van der Waals surface area contributed by atoms with Crippen molar-refractivity contribution in [2.75, 3.05) is 13.1 Å². The average molecular weight is 293 g/mol. The van der Waals surface area contributed by atoms with Crippen LogP contribution >= 0.6 is 0 Å². The minimum atomic E-state index is -0.316. The molecule has 0 bridgehead atoms. The average Bonchev–Trinajstić information content (AvgIpc) is 3.13. The number of nitrogens with one attached hydrogen (secondary N) is 1. The summed E-state index contributed by atoms with van der Waals surface area (Å²) in [5.74, 6) is 0. The molecule has 1 spiro atoms. The molecule has 0 amide bonds. The van der Waals surface area contributed by atoms with E-state index in [0.717, 1.165) is 37.9 Å². The van der Waals surface area contributed by atoms with Crippen molar-refractivity contribution in [2.24, 2.45) is 0 Å². The number of aryl methyl sites for hydroxylation is 1. The van der Waals surface area contributed by atoms with Gasteiger partial charge in [0.1, 0.15) is 0 Å². The van der Waals surface area contributed by atoms with Gasteiger partial charge in [-0.25, -0.2) is 0 Å². The topological polar surface area (TPSA) is 32.3 Å². The first kappa shape index (κ1) is 14.0. The Labute approximate surface area is 132 Å². The van der Waals surface area contributed by atoms with Gasteiger partial charge in [0.25, 0.3) is 0 Å². The van der Waals surface area contributed by atoms with E-state index in [0.29, 0.717) is 0 Å². The maximum Gasteiger partial charge on any atom is 0.0802 e. The lowest BCUT2D eigenvalue weighted by Crippen LogP contribution is -2.26. The van der Waals surface area contributed by atoms with Crippen LogP contribution < -0.4 is 5.32 Å². The van der Waals surface area contributed by atoms with Crippen molar-refractivity contribution in [1.29, 1.82) is 0 Å². The molecule has 1 saturated heterocycles. The summed E-state index contributed by atoms with van der Waals surface area (Å²) in [6, 6.07) is 15.3. The van der Waals surface area contributed by atoms with E-state index < -0.39 is 0 Å². The molecule has 0 aromatic heterocycles. The van der Waals surface area contributed by atoms with Crippen molar-refractivity contribution < 1.29 is 5.11 Å². The Kier molecular flexibility index (Phi) is 3.32. The van der Waals surface area contributed by atoms with Crippen molar-refractivity contribution in [3.8, 4) is 11.1 Å². The highest BCUT2D eigenvalue weighted by molar-refractivity contribution is 5.69. The third-order valence-corrected chi connectivity index (χ3v) is 5.52. The van der Waals surface area contributed by atoms with E-state index in [1.54, 1.807) is 0 Å². The third-order valence-electron chi connectivity index (χ3n) is 5.52. The number of fused-ring (bicyclic) bond motifs is 2. The first-order chi connectivity index (χ1) is 10.7. The van der Waals surface area contributed by atoms with Crippen molar-refractivity contribution >= 4 is 0 Å². The van der Waals surface area contributed by atoms with Crippen LogP contribution in [-0.2, 0) is 11.8 Å². The molecule has 0 saturated carbocycles. The van der Waals surface area contributed by atoms with E-state index in [2.05, 4.69) is 54.7 Å². The van der Waals surface area contributed by atoms with Gasteiger partial charge in [-0.3, -0.25) is 0 Å². The van der Waals surface area contributed by atoms with Gasteiger partial charge in [-0.05, 0) is 59.7 Å². The quantitative estimate of drug-likeness (QED) is 0.887. The highest BCUT2D eigenvalue weighted by Gasteiger charge is 2.45. The maximum atomic E-state index is 10.6. The van der Waals surface area contributed by atoms with Crippen LogP contribution in [0.4, 0.5) is 0 Å². The fourth-order valence-corrected chi connectivity index (χ4v) is 4.34. The van der Waals surface area contributed by atoms with Crippen LogP contribution in [-0.4, -0.2) is 18.2 Å². The number of rotatable bonds is 2. The Morgan fingerprint density at radius 2 is 2.09 bits per heavy atom. The zero-order valence-electron chi connectivity index (χ0n) is 13.1. The van der Waals surface area contributed by atoms with Gasteiger partial charge in [-0.15, -0.1) is 0 Å². The number of aliphatic hydroxyl groups is 1. The Bertz CT molecular complexity index is 701. The SMILES string of the molecule is CCc1ccccc1-c1ccc2c(c1)C(O)CC21CCNC1. The van der Waals surface area contributed by atoms with Crippen LogP contribution in [0.15, 0.2) is 42.5 Å². The second-order valence-corrected chi connectivity index (χ2v) is 6.74. The fourth-order valence-electron chi connectivity index (χ4n) is 4.34. The molecule has 1 heterocycles. The molecule has 1 aliphatic heterocycles. The van der Waals surface area contributed by atoms with Gasteiger partial charge in [0.05, 0.1) is 6.10 Å². The van der Waals surface area contributed by atoms with E-state index >= 15 is 0 Å². The molecule has 2 nitrogen and oxygen atoms in total. The largest absolute Gasteiger partial charge is 0.388 e. The third kappa shape index (κ3) is 2.02. The van der Waals surface area contributed by atoms with Gasteiger partial charge in [-0.1, -0.05) is 43.3 Å². The summed E-state index contributed by atoms with van der Waals surface area (Å²) in [5, 5.41) is 14.0. The van der Waals surface area contributed by atoms with Crippen LogP contribution in [0.3, 0.4) is 0 Å². The van der Waals surface area contributed by atoms with E-state index in [1.165, 1.54) is 22.3 Å². The van der Waals surface area contributed by atoms with E-state index in [9.17, 15) is 5.11 Å². The first-order valence-corrected chi connectivity index (χ1v) is 8.35. The highest BCUT2D eigenvalue weighted by atomic mass is 16.3. The number of benzene rings is 2. The second kappa shape index (κ2) is 5.22. The van der Waals surface area contributed by atoms with Crippen molar-refractivity contribution in [1.82, 2.24) is 5.32 Å². The summed E-state index contributed by atoms with van der Waals surface area (Å²) in [5.41, 5.74) is 6.57. The summed E-state index contributed by atoms with van der Waals surface area (Å²) in [4.78, 5) is 0. The van der Waals surface area contributed by atoms with Gasteiger partial charge >= 0.3 is 0 Å². The lowest BCUT2D eigenvalue weighted by molar-refractivity contribution is 0.158. The van der Waals surface area contributed by atoms with Crippen LogP contribution in [0.25, 0.3) is 11.1 Å². The minimum Gasteiger partial charge on any atom is -0.388 e. The monoisotopic (exact) mass is 293 g/mol. The molecule has 2 heteroatoms. The summed E-state index contributed by atoms with van der Waals surface area (Å²) in [6.45, 7) is 4.26. The molecule has 4 rings (SSSR count). The Balaban J connectivity index is 1.81. The lowest BCUT2D eigenvalue weighted by atomic mass is 9.80. The molecule has 114 valence electrons. The zero-order valence-corrected chi connectivity index (χ0v) is 13.1. The predicted octanol–water partition coefficient (Wildman–Crippen LogP) is 3.58. The lowest BCUT2D eigenvalue weighted by Gasteiger charge is -2.23. The Morgan fingerprint density at radius 1 is 1.23 bits per heavy atom. The first-order valence-electron chi connectivity index (χ1n) is 8.35.